The molecule has 1 fully saturated rings. The molecule has 3 heterocycles. The summed E-state index contributed by atoms with van der Waals surface area (Å²) in [4.78, 5) is 28.0. The van der Waals surface area contributed by atoms with E-state index in [9.17, 15) is 9.59 Å². The average molecular weight is 354 g/mol. The predicted molar refractivity (Wildman–Crippen MR) is 94.9 cm³/mol. The number of aromatic nitrogens is 5. The van der Waals surface area contributed by atoms with Gasteiger partial charge in [-0.3, -0.25) is 14.3 Å². The van der Waals surface area contributed by atoms with Gasteiger partial charge in [0.2, 0.25) is 0 Å². The molecule has 1 saturated carbocycles. The SMILES string of the molecule is CNc1cc(Nc2cnn(C)c2C=O)nn2c(C(=O)NC3CC3)cnc12. The molecule has 0 unspecified atom stereocenters. The third kappa shape index (κ3) is 2.75. The van der Waals surface area contributed by atoms with E-state index in [-0.39, 0.29) is 11.9 Å². The minimum Gasteiger partial charge on any atom is -0.385 e. The lowest BCUT2D eigenvalue weighted by atomic mass is 10.3. The Morgan fingerprint density at radius 3 is 2.81 bits per heavy atom. The minimum atomic E-state index is -0.207. The number of carbonyl (C=O) groups is 2. The molecule has 0 spiro atoms. The maximum atomic E-state index is 12.4. The van der Waals surface area contributed by atoms with Crippen molar-refractivity contribution in [2.45, 2.75) is 18.9 Å². The molecule has 0 aromatic carbocycles. The molecule has 0 saturated heterocycles. The zero-order valence-electron chi connectivity index (χ0n) is 14.4. The van der Waals surface area contributed by atoms with Gasteiger partial charge in [-0.05, 0) is 12.8 Å². The third-order valence-corrected chi connectivity index (χ3v) is 4.24. The summed E-state index contributed by atoms with van der Waals surface area (Å²) >= 11 is 0. The van der Waals surface area contributed by atoms with Crippen LogP contribution in [0, 0.1) is 0 Å². The van der Waals surface area contributed by atoms with E-state index < -0.39 is 0 Å². The van der Waals surface area contributed by atoms with Crippen LogP contribution in [0.2, 0.25) is 0 Å². The van der Waals surface area contributed by atoms with Crippen LogP contribution in [0.25, 0.3) is 5.65 Å². The Kier molecular flexibility index (Phi) is 3.79. The van der Waals surface area contributed by atoms with Crippen molar-refractivity contribution in [2.75, 3.05) is 17.7 Å². The Labute approximate surface area is 148 Å². The standard InChI is InChI=1S/C16H18N8O2/c1-17-10-5-14(21-11-6-19-23(2)13(11)8-25)22-24-12(7-18-15(10)24)16(26)20-9-3-4-9/h5-9,17H,3-4H2,1-2H3,(H,20,26)(H,21,22). The minimum absolute atomic E-state index is 0.207. The summed E-state index contributed by atoms with van der Waals surface area (Å²) in [6, 6.07) is 2.00. The molecule has 1 aliphatic carbocycles. The topological polar surface area (TPSA) is 118 Å². The van der Waals surface area contributed by atoms with Crippen molar-refractivity contribution in [1.29, 1.82) is 0 Å². The molecule has 0 bridgehead atoms. The van der Waals surface area contributed by atoms with Gasteiger partial charge in [-0.2, -0.15) is 5.10 Å². The second-order valence-electron chi connectivity index (χ2n) is 6.13. The first-order chi connectivity index (χ1) is 12.6. The van der Waals surface area contributed by atoms with Crippen LogP contribution < -0.4 is 16.0 Å². The molecule has 10 nitrogen and oxygen atoms in total. The van der Waals surface area contributed by atoms with Gasteiger partial charge in [0.1, 0.15) is 5.69 Å². The van der Waals surface area contributed by atoms with Crippen LogP contribution in [0.5, 0.6) is 0 Å². The summed E-state index contributed by atoms with van der Waals surface area (Å²) in [6.07, 6.45) is 5.77. The molecule has 0 radical (unpaired) electrons. The van der Waals surface area contributed by atoms with Crippen LogP contribution in [0.4, 0.5) is 17.2 Å². The van der Waals surface area contributed by atoms with Crippen molar-refractivity contribution in [3.8, 4) is 0 Å². The summed E-state index contributed by atoms with van der Waals surface area (Å²) in [6.45, 7) is 0. The highest BCUT2D eigenvalue weighted by atomic mass is 16.2. The van der Waals surface area contributed by atoms with E-state index in [0.29, 0.717) is 34.2 Å². The van der Waals surface area contributed by atoms with Gasteiger partial charge in [-0.1, -0.05) is 0 Å². The van der Waals surface area contributed by atoms with Gasteiger partial charge in [0.05, 0.1) is 23.8 Å². The lowest BCUT2D eigenvalue weighted by Gasteiger charge is -2.10. The first kappa shape index (κ1) is 16.1. The van der Waals surface area contributed by atoms with E-state index in [4.69, 9.17) is 0 Å². The Morgan fingerprint density at radius 2 is 2.12 bits per heavy atom. The highest BCUT2D eigenvalue weighted by Crippen LogP contribution is 2.24. The number of anilines is 3. The van der Waals surface area contributed by atoms with E-state index in [1.54, 1.807) is 26.4 Å². The van der Waals surface area contributed by atoms with Crippen LogP contribution in [-0.2, 0) is 7.05 Å². The maximum Gasteiger partial charge on any atom is 0.271 e. The Morgan fingerprint density at radius 1 is 1.31 bits per heavy atom. The number of nitrogens with zero attached hydrogens (tertiary/aromatic N) is 5. The van der Waals surface area contributed by atoms with Gasteiger partial charge in [0, 0.05) is 26.2 Å². The highest BCUT2D eigenvalue weighted by Gasteiger charge is 2.26. The third-order valence-electron chi connectivity index (χ3n) is 4.24. The Hall–Kier alpha value is -3.43. The molecule has 10 heteroatoms. The number of imidazole rings is 1. The summed E-state index contributed by atoms with van der Waals surface area (Å²) in [5.41, 5.74) is 2.52. The van der Waals surface area contributed by atoms with Gasteiger partial charge in [0.15, 0.2) is 23.4 Å². The smallest absolute Gasteiger partial charge is 0.271 e. The lowest BCUT2D eigenvalue weighted by molar-refractivity contribution is 0.0943. The molecule has 0 atom stereocenters. The fourth-order valence-electron chi connectivity index (χ4n) is 2.68. The number of hydrogen-bond donors (Lipinski definition) is 3. The Balaban J connectivity index is 1.74. The monoisotopic (exact) mass is 354 g/mol. The van der Waals surface area contributed by atoms with Crippen LogP contribution in [0.1, 0.15) is 33.8 Å². The largest absolute Gasteiger partial charge is 0.385 e. The van der Waals surface area contributed by atoms with E-state index in [1.807, 2.05) is 0 Å². The first-order valence-corrected chi connectivity index (χ1v) is 8.22. The molecule has 134 valence electrons. The fraction of sp³-hybridized carbons (Fsp3) is 0.312. The van der Waals surface area contributed by atoms with Crippen LogP contribution in [-0.4, -0.2) is 49.7 Å². The van der Waals surface area contributed by atoms with E-state index >= 15 is 0 Å². The number of hydrogen-bond acceptors (Lipinski definition) is 7. The van der Waals surface area contributed by atoms with E-state index in [1.165, 1.54) is 15.4 Å². The zero-order chi connectivity index (χ0) is 18.3. The molecule has 26 heavy (non-hydrogen) atoms. The second-order valence-corrected chi connectivity index (χ2v) is 6.13. The van der Waals surface area contributed by atoms with Crippen LogP contribution in [0.15, 0.2) is 18.5 Å². The van der Waals surface area contributed by atoms with Gasteiger partial charge in [-0.15, -0.1) is 5.10 Å². The quantitative estimate of drug-likeness (QED) is 0.564. The highest BCUT2D eigenvalue weighted by molar-refractivity contribution is 5.94. The maximum absolute atomic E-state index is 12.4. The van der Waals surface area contributed by atoms with Crippen molar-refractivity contribution in [1.82, 2.24) is 29.7 Å². The zero-order valence-corrected chi connectivity index (χ0v) is 14.4. The van der Waals surface area contributed by atoms with Crippen molar-refractivity contribution < 1.29 is 9.59 Å². The van der Waals surface area contributed by atoms with Crippen LogP contribution in [0.3, 0.4) is 0 Å². The number of aryl methyl sites for hydroxylation is 1. The average Bonchev–Trinajstić information content (AvgIpc) is 3.23. The molecule has 1 aliphatic rings. The van der Waals surface area contributed by atoms with E-state index in [2.05, 4.69) is 31.1 Å². The van der Waals surface area contributed by atoms with Crippen molar-refractivity contribution >= 4 is 35.0 Å². The number of nitrogens with one attached hydrogen (secondary N) is 3. The lowest BCUT2D eigenvalue weighted by Crippen LogP contribution is -2.27. The summed E-state index contributed by atoms with van der Waals surface area (Å²) in [7, 11) is 3.44. The van der Waals surface area contributed by atoms with E-state index in [0.717, 1.165) is 19.1 Å². The number of amides is 1. The molecule has 3 N–H and O–H groups in total. The second kappa shape index (κ2) is 6.14. The molecule has 4 rings (SSSR count). The number of aldehydes is 1. The van der Waals surface area contributed by atoms with Crippen molar-refractivity contribution in [2.24, 2.45) is 7.05 Å². The van der Waals surface area contributed by atoms with Gasteiger partial charge < -0.3 is 16.0 Å². The van der Waals surface area contributed by atoms with Gasteiger partial charge >= 0.3 is 0 Å². The van der Waals surface area contributed by atoms with Gasteiger partial charge in [0.25, 0.3) is 5.91 Å². The number of carbonyl (C=O) groups excluding carboxylic acids is 2. The molecular formula is C16H18N8O2. The Bertz CT molecular complexity index is 1000. The molecule has 0 aliphatic heterocycles. The summed E-state index contributed by atoms with van der Waals surface area (Å²) < 4.78 is 2.96. The number of rotatable bonds is 6. The summed E-state index contributed by atoms with van der Waals surface area (Å²) in [5, 5.41) is 17.6. The first-order valence-electron chi connectivity index (χ1n) is 8.22. The normalized spacial score (nSPS) is 13.6. The fourth-order valence-corrected chi connectivity index (χ4v) is 2.68. The van der Waals surface area contributed by atoms with Crippen molar-refractivity contribution in [3.63, 3.8) is 0 Å². The van der Waals surface area contributed by atoms with Crippen molar-refractivity contribution in [3.05, 3.63) is 29.8 Å². The molecule has 3 aromatic heterocycles. The van der Waals surface area contributed by atoms with Crippen LogP contribution >= 0.6 is 0 Å². The molecule has 3 aromatic rings. The molecule has 1 amide bonds. The predicted octanol–water partition coefficient (Wildman–Crippen LogP) is 0.953. The number of fused-ring (bicyclic) bond motifs is 1. The summed E-state index contributed by atoms with van der Waals surface area (Å²) in [5.74, 6) is 0.248. The van der Waals surface area contributed by atoms with Gasteiger partial charge in [-0.25, -0.2) is 9.50 Å². The molecular weight excluding hydrogens is 336 g/mol.